The number of rotatable bonds is 5. The largest absolute Gasteiger partial charge is 0.348 e. The van der Waals surface area contributed by atoms with Gasteiger partial charge in [-0.1, -0.05) is 25.1 Å². The van der Waals surface area contributed by atoms with Crippen LogP contribution in [0.3, 0.4) is 0 Å². The van der Waals surface area contributed by atoms with Crippen LogP contribution >= 0.6 is 0 Å². The number of alkyl halides is 1. The highest BCUT2D eigenvalue weighted by atomic mass is 19.1. The van der Waals surface area contributed by atoms with Gasteiger partial charge in [0.1, 0.15) is 11.5 Å². The number of carbonyl (C=O) groups is 1. The zero-order valence-corrected chi connectivity index (χ0v) is 18.8. The first-order chi connectivity index (χ1) is 15.2. The third-order valence-electron chi connectivity index (χ3n) is 5.93. The lowest BCUT2D eigenvalue weighted by atomic mass is 10.0. The minimum atomic E-state index is -1.22. The van der Waals surface area contributed by atoms with Gasteiger partial charge in [0.25, 0.3) is 5.91 Å². The van der Waals surface area contributed by atoms with E-state index in [1.165, 1.54) is 6.08 Å². The van der Waals surface area contributed by atoms with Gasteiger partial charge in [-0.3, -0.25) is 9.89 Å². The van der Waals surface area contributed by atoms with Crippen LogP contribution in [0.5, 0.6) is 0 Å². The van der Waals surface area contributed by atoms with Crippen LogP contribution in [-0.4, -0.2) is 52.3 Å². The fraction of sp³-hybridized carbons (Fsp3) is 0.440. The molecule has 1 aliphatic heterocycles. The van der Waals surface area contributed by atoms with Crippen molar-refractivity contribution >= 4 is 22.4 Å². The molecule has 1 saturated heterocycles. The van der Waals surface area contributed by atoms with E-state index in [1.54, 1.807) is 19.9 Å². The number of piperidine rings is 1. The second-order valence-corrected chi connectivity index (χ2v) is 9.44. The molecule has 0 radical (unpaired) electrons. The number of benzene rings is 1. The third-order valence-corrected chi connectivity index (χ3v) is 5.93. The molecule has 5 nitrogen and oxygen atoms in total. The van der Waals surface area contributed by atoms with Crippen LogP contribution in [0.15, 0.2) is 48.3 Å². The number of allylic oxidation sites excluding steroid dienone is 6. The Morgan fingerprint density at radius 3 is 2.78 bits per heavy atom. The van der Waals surface area contributed by atoms with Crippen molar-refractivity contribution in [2.24, 2.45) is 5.92 Å². The van der Waals surface area contributed by atoms with E-state index in [2.05, 4.69) is 20.4 Å². The summed E-state index contributed by atoms with van der Waals surface area (Å²) < 4.78 is 28.0. The Hall–Kier alpha value is -2.80. The Morgan fingerprint density at radius 2 is 2.06 bits per heavy atom. The lowest BCUT2D eigenvalue weighted by Crippen LogP contribution is -2.47. The van der Waals surface area contributed by atoms with E-state index in [-0.39, 0.29) is 23.7 Å². The lowest BCUT2D eigenvalue weighted by Gasteiger charge is -2.34. The average Bonchev–Trinajstić information content (AvgIpc) is 3.06. The number of nitrogens with zero attached hydrogens (tertiary/aromatic N) is 2. The number of aromatic nitrogens is 2. The first kappa shape index (κ1) is 22.4. The smallest absolute Gasteiger partial charge is 0.272 e. The molecule has 1 aromatic carbocycles. The van der Waals surface area contributed by atoms with E-state index >= 15 is 0 Å². The molecule has 0 saturated carbocycles. The van der Waals surface area contributed by atoms with Gasteiger partial charge in [0, 0.05) is 31.1 Å². The monoisotopic (exact) mass is 440 g/mol. The number of aromatic amines is 1. The molecule has 7 heteroatoms. The number of hydrogen-bond donors (Lipinski definition) is 2. The molecule has 2 aliphatic rings. The average molecular weight is 441 g/mol. The zero-order chi connectivity index (χ0) is 22.9. The van der Waals surface area contributed by atoms with Gasteiger partial charge in [0.05, 0.1) is 5.52 Å². The minimum Gasteiger partial charge on any atom is -0.348 e. The van der Waals surface area contributed by atoms with Crippen molar-refractivity contribution in [1.29, 1.82) is 0 Å². The highest BCUT2D eigenvalue weighted by molar-refractivity contribution is 6.05. The van der Waals surface area contributed by atoms with E-state index in [9.17, 15) is 13.6 Å². The Morgan fingerprint density at radius 1 is 1.31 bits per heavy atom. The number of nitrogens with one attached hydrogen (secondary N) is 2. The summed E-state index contributed by atoms with van der Waals surface area (Å²) in [6, 6.07) is 5.66. The molecular formula is C25H30F2N4O. The molecule has 1 aliphatic carbocycles. The van der Waals surface area contributed by atoms with Gasteiger partial charge in [-0.25, -0.2) is 8.78 Å². The Balaban J connectivity index is 1.48. The molecule has 1 aromatic heterocycles. The number of likely N-dealkylation sites (tertiary alicyclic amines) is 1. The van der Waals surface area contributed by atoms with E-state index in [0.717, 1.165) is 42.6 Å². The molecule has 4 rings (SSSR count). The molecule has 2 aromatic rings. The molecule has 0 bridgehead atoms. The van der Waals surface area contributed by atoms with Crippen LogP contribution in [-0.2, 0) is 0 Å². The SMILES string of the molecule is CC1C=CC(c2ccc3[nH]nc(C(=O)NC4CCN(CC(C)(C)F)CC4)c3c2)=CC(F)=C1. The number of carbonyl (C=O) groups excluding carboxylic acids is 1. The standard InChI is InChI=1S/C25H30F2N4O/c1-16-4-5-17(13-19(26)12-16)18-6-7-22-21(14-18)23(30-29-22)24(32)28-20-8-10-31(11-9-20)15-25(2,3)27/h4-7,12-14,16,20H,8-11,15H2,1-3H3,(H,28,32)(H,29,30). The predicted molar refractivity (Wildman–Crippen MR) is 124 cm³/mol. The van der Waals surface area contributed by atoms with Crippen molar-refractivity contribution in [3.05, 3.63) is 59.6 Å². The fourth-order valence-corrected chi connectivity index (χ4v) is 4.37. The second kappa shape index (κ2) is 8.98. The van der Waals surface area contributed by atoms with Crippen LogP contribution in [0.1, 0.15) is 49.7 Å². The highest BCUT2D eigenvalue weighted by Gasteiger charge is 2.27. The van der Waals surface area contributed by atoms with Crippen LogP contribution in [0.25, 0.3) is 16.5 Å². The predicted octanol–water partition coefficient (Wildman–Crippen LogP) is 4.95. The van der Waals surface area contributed by atoms with Crippen molar-refractivity contribution in [1.82, 2.24) is 20.4 Å². The Labute approximate surface area is 187 Å². The lowest BCUT2D eigenvalue weighted by molar-refractivity contribution is 0.0844. The van der Waals surface area contributed by atoms with Crippen molar-refractivity contribution in [3.8, 4) is 0 Å². The van der Waals surface area contributed by atoms with Crippen LogP contribution < -0.4 is 5.32 Å². The van der Waals surface area contributed by atoms with E-state index in [4.69, 9.17) is 0 Å². The molecule has 2 N–H and O–H groups in total. The van der Waals surface area contributed by atoms with Crippen molar-refractivity contribution in [2.45, 2.75) is 45.3 Å². The van der Waals surface area contributed by atoms with Gasteiger partial charge in [0.15, 0.2) is 5.69 Å². The number of fused-ring (bicyclic) bond motifs is 1. The van der Waals surface area contributed by atoms with Crippen molar-refractivity contribution < 1.29 is 13.6 Å². The summed E-state index contributed by atoms with van der Waals surface area (Å²) in [4.78, 5) is 15.1. The topological polar surface area (TPSA) is 61.0 Å². The number of hydrogen-bond acceptors (Lipinski definition) is 3. The van der Waals surface area contributed by atoms with Gasteiger partial charge in [-0.05, 0) is 68.0 Å². The summed E-state index contributed by atoms with van der Waals surface area (Å²) in [5.74, 6) is -0.488. The maximum Gasteiger partial charge on any atom is 0.272 e. The van der Waals surface area contributed by atoms with Gasteiger partial charge >= 0.3 is 0 Å². The van der Waals surface area contributed by atoms with Gasteiger partial charge in [-0.2, -0.15) is 5.10 Å². The minimum absolute atomic E-state index is 0.0186. The van der Waals surface area contributed by atoms with E-state index < -0.39 is 5.67 Å². The molecule has 1 amide bonds. The molecule has 170 valence electrons. The first-order valence-electron chi connectivity index (χ1n) is 11.2. The summed E-state index contributed by atoms with van der Waals surface area (Å²) in [5.41, 5.74) is 1.43. The van der Waals surface area contributed by atoms with E-state index in [1.807, 2.05) is 37.3 Å². The summed E-state index contributed by atoms with van der Waals surface area (Å²) >= 11 is 0. The third kappa shape index (κ3) is 5.33. The molecule has 0 spiro atoms. The normalized spacial score (nSPS) is 20.7. The number of H-pyrrole nitrogens is 1. The zero-order valence-electron chi connectivity index (χ0n) is 18.8. The van der Waals surface area contributed by atoms with Crippen LogP contribution in [0.4, 0.5) is 8.78 Å². The molecule has 32 heavy (non-hydrogen) atoms. The highest BCUT2D eigenvalue weighted by Crippen LogP contribution is 2.27. The fourth-order valence-electron chi connectivity index (χ4n) is 4.37. The van der Waals surface area contributed by atoms with Crippen molar-refractivity contribution in [3.63, 3.8) is 0 Å². The number of amides is 1. The quantitative estimate of drug-likeness (QED) is 0.692. The van der Waals surface area contributed by atoms with Crippen LogP contribution in [0, 0.1) is 5.92 Å². The second-order valence-electron chi connectivity index (χ2n) is 9.44. The number of halogens is 2. The van der Waals surface area contributed by atoms with Crippen LogP contribution in [0.2, 0.25) is 0 Å². The van der Waals surface area contributed by atoms with Gasteiger partial charge in [0.2, 0.25) is 0 Å². The molecular weight excluding hydrogens is 410 g/mol. The van der Waals surface area contributed by atoms with Crippen molar-refractivity contribution in [2.75, 3.05) is 19.6 Å². The van der Waals surface area contributed by atoms with Gasteiger partial charge < -0.3 is 10.2 Å². The summed E-state index contributed by atoms with van der Waals surface area (Å²) in [6.45, 7) is 7.01. The maximum absolute atomic E-state index is 14.1. The Kier molecular flexibility index (Phi) is 6.29. The Bertz CT molecular complexity index is 1090. The molecule has 2 heterocycles. The van der Waals surface area contributed by atoms with Gasteiger partial charge in [-0.15, -0.1) is 0 Å². The summed E-state index contributed by atoms with van der Waals surface area (Å²) in [5, 5.41) is 10.9. The maximum atomic E-state index is 14.1. The molecule has 1 unspecified atom stereocenters. The molecule has 1 fully saturated rings. The first-order valence-corrected chi connectivity index (χ1v) is 11.2. The summed E-state index contributed by atoms with van der Waals surface area (Å²) in [6.07, 6.45) is 8.48. The van der Waals surface area contributed by atoms with E-state index in [0.29, 0.717) is 17.6 Å². The summed E-state index contributed by atoms with van der Waals surface area (Å²) in [7, 11) is 0. The molecule has 1 atom stereocenters.